The predicted octanol–water partition coefficient (Wildman–Crippen LogP) is 3.46. The van der Waals surface area contributed by atoms with Crippen LogP contribution in [-0.4, -0.2) is 29.7 Å². The van der Waals surface area contributed by atoms with Gasteiger partial charge in [-0.1, -0.05) is 39.8 Å². The number of hydrogen-bond acceptors (Lipinski definition) is 5. The lowest BCUT2D eigenvalue weighted by atomic mass is 9.93. The molecule has 0 aromatic carbocycles. The quantitative estimate of drug-likeness (QED) is 0.571. The van der Waals surface area contributed by atoms with Gasteiger partial charge in [-0.2, -0.15) is 0 Å². The van der Waals surface area contributed by atoms with E-state index < -0.39 is 0 Å². The molecule has 2 aromatic heterocycles. The number of aromatic nitrogens is 2. The molecule has 2 N–H and O–H groups in total. The minimum absolute atomic E-state index is 0.104. The van der Waals surface area contributed by atoms with Crippen LogP contribution in [0.15, 0.2) is 14.9 Å². The van der Waals surface area contributed by atoms with Crippen LogP contribution in [0.2, 0.25) is 0 Å². The Morgan fingerprint density at radius 2 is 2.00 bits per heavy atom. The van der Waals surface area contributed by atoms with Crippen molar-refractivity contribution in [1.82, 2.24) is 20.8 Å². The van der Waals surface area contributed by atoms with Gasteiger partial charge in [0.1, 0.15) is 5.76 Å². The Kier molecular flexibility index (Phi) is 7.20. The summed E-state index contributed by atoms with van der Waals surface area (Å²) in [5.41, 5.74) is 3.42. The Morgan fingerprint density at radius 3 is 2.58 bits per heavy atom. The third-order valence-electron chi connectivity index (χ3n) is 4.21. The van der Waals surface area contributed by atoms with E-state index in [9.17, 15) is 0 Å². The number of guanidine groups is 1. The highest BCUT2D eigenvalue weighted by molar-refractivity contribution is 7.09. The summed E-state index contributed by atoms with van der Waals surface area (Å²) < 4.78 is 5.41. The maximum absolute atomic E-state index is 5.41. The first-order chi connectivity index (χ1) is 12.4. The van der Waals surface area contributed by atoms with Crippen LogP contribution in [0.5, 0.6) is 0 Å². The lowest BCUT2D eigenvalue weighted by Gasteiger charge is -2.14. The topological polar surface area (TPSA) is 75.3 Å². The number of nitrogens with one attached hydrogen (secondary N) is 2. The maximum atomic E-state index is 5.41. The molecule has 0 aliphatic carbocycles. The molecule has 144 valence electrons. The maximum Gasteiger partial charge on any atom is 0.191 e. The van der Waals surface area contributed by atoms with Crippen molar-refractivity contribution in [2.75, 3.05) is 13.6 Å². The molecule has 2 aromatic rings. The molecular weight excluding hydrogens is 346 g/mol. The van der Waals surface area contributed by atoms with Gasteiger partial charge in [-0.25, -0.2) is 4.98 Å². The zero-order valence-corrected chi connectivity index (χ0v) is 17.6. The van der Waals surface area contributed by atoms with E-state index in [2.05, 4.69) is 60.8 Å². The number of aliphatic imine (C=N–C) groups is 1. The summed E-state index contributed by atoms with van der Waals surface area (Å²) in [6.45, 7) is 12.2. The van der Waals surface area contributed by atoms with Gasteiger partial charge in [-0.05, 0) is 6.42 Å². The molecule has 0 amide bonds. The van der Waals surface area contributed by atoms with E-state index in [0.717, 1.165) is 59.5 Å². The molecular formula is C19H31N5OS. The van der Waals surface area contributed by atoms with Gasteiger partial charge in [0.05, 0.1) is 16.4 Å². The van der Waals surface area contributed by atoms with E-state index in [4.69, 9.17) is 9.51 Å². The molecule has 0 radical (unpaired) electrons. The molecule has 2 heterocycles. The van der Waals surface area contributed by atoms with Gasteiger partial charge in [0.2, 0.25) is 0 Å². The van der Waals surface area contributed by atoms with Crippen LogP contribution >= 0.6 is 11.3 Å². The van der Waals surface area contributed by atoms with E-state index >= 15 is 0 Å². The van der Waals surface area contributed by atoms with Crippen molar-refractivity contribution in [3.8, 4) is 0 Å². The van der Waals surface area contributed by atoms with Crippen molar-refractivity contribution in [3.63, 3.8) is 0 Å². The smallest absolute Gasteiger partial charge is 0.191 e. The second-order valence-electron chi connectivity index (χ2n) is 7.22. The van der Waals surface area contributed by atoms with E-state index in [0.29, 0.717) is 6.54 Å². The van der Waals surface area contributed by atoms with Gasteiger partial charge in [-0.15, -0.1) is 11.3 Å². The average Bonchev–Trinajstić information content (AvgIpc) is 3.23. The molecule has 0 spiro atoms. The van der Waals surface area contributed by atoms with Crippen LogP contribution in [0.1, 0.15) is 62.3 Å². The summed E-state index contributed by atoms with van der Waals surface area (Å²) in [4.78, 5) is 9.03. The van der Waals surface area contributed by atoms with E-state index in [-0.39, 0.29) is 5.41 Å². The summed E-state index contributed by atoms with van der Waals surface area (Å²) in [5.74, 6) is 1.73. The van der Waals surface area contributed by atoms with E-state index in [1.54, 1.807) is 18.4 Å². The van der Waals surface area contributed by atoms with Crippen molar-refractivity contribution in [2.24, 2.45) is 4.99 Å². The van der Waals surface area contributed by atoms with E-state index in [1.807, 2.05) is 0 Å². The first kappa shape index (κ1) is 20.4. The highest BCUT2D eigenvalue weighted by atomic mass is 32.1. The first-order valence-electron chi connectivity index (χ1n) is 9.24. The second-order valence-corrected chi connectivity index (χ2v) is 8.16. The molecule has 7 heteroatoms. The SMILES string of the molecule is CCc1noc(CC)c1CNC(=NC)NCCc1nc(C(C)(C)C)cs1. The molecule has 0 aliphatic heterocycles. The summed E-state index contributed by atoms with van der Waals surface area (Å²) in [6.07, 6.45) is 2.60. The minimum atomic E-state index is 0.104. The fourth-order valence-electron chi connectivity index (χ4n) is 2.59. The molecule has 0 saturated carbocycles. The van der Waals surface area contributed by atoms with Crippen molar-refractivity contribution in [2.45, 2.75) is 65.8 Å². The number of aryl methyl sites for hydroxylation is 2. The Morgan fingerprint density at radius 1 is 1.23 bits per heavy atom. The second kappa shape index (κ2) is 9.16. The van der Waals surface area contributed by atoms with E-state index in [1.165, 1.54) is 0 Å². The minimum Gasteiger partial charge on any atom is -0.361 e. The van der Waals surface area contributed by atoms with Crippen LogP contribution < -0.4 is 10.6 Å². The number of hydrogen-bond donors (Lipinski definition) is 2. The summed E-state index contributed by atoms with van der Waals surface area (Å²) >= 11 is 1.72. The van der Waals surface area contributed by atoms with Gasteiger partial charge >= 0.3 is 0 Å². The predicted molar refractivity (Wildman–Crippen MR) is 108 cm³/mol. The number of rotatable bonds is 7. The lowest BCUT2D eigenvalue weighted by molar-refractivity contribution is 0.380. The zero-order chi connectivity index (χ0) is 19.2. The standard InChI is InChI=1S/C19H31N5OS/c1-7-14-13(15(8-2)25-24-14)11-22-18(20-6)21-10-9-17-23-16(12-26-17)19(3,4)5/h12H,7-11H2,1-6H3,(H2,20,21,22). The van der Waals surface area contributed by atoms with Crippen molar-refractivity contribution in [1.29, 1.82) is 0 Å². The average molecular weight is 378 g/mol. The van der Waals surface area contributed by atoms with Crippen molar-refractivity contribution in [3.05, 3.63) is 33.1 Å². The van der Waals surface area contributed by atoms with Crippen molar-refractivity contribution >= 4 is 17.3 Å². The molecule has 2 rings (SSSR count). The third kappa shape index (κ3) is 5.30. The van der Waals surface area contributed by atoms with Crippen LogP contribution in [0.3, 0.4) is 0 Å². The number of thiazole rings is 1. The Bertz CT molecular complexity index is 705. The van der Waals surface area contributed by atoms with Gasteiger partial charge in [0, 0.05) is 49.3 Å². The van der Waals surface area contributed by atoms with Crippen molar-refractivity contribution < 1.29 is 4.52 Å². The zero-order valence-electron chi connectivity index (χ0n) is 16.8. The molecule has 0 bridgehead atoms. The summed E-state index contributed by atoms with van der Waals surface area (Å²) in [5, 5.41) is 14.2. The van der Waals surface area contributed by atoms with Gasteiger partial charge in [0.25, 0.3) is 0 Å². The van der Waals surface area contributed by atoms with Crippen LogP contribution in [-0.2, 0) is 31.2 Å². The van der Waals surface area contributed by atoms with Crippen LogP contribution in [0.4, 0.5) is 0 Å². The third-order valence-corrected chi connectivity index (χ3v) is 5.12. The lowest BCUT2D eigenvalue weighted by Crippen LogP contribution is -2.38. The highest BCUT2D eigenvalue weighted by Gasteiger charge is 2.17. The molecule has 0 fully saturated rings. The van der Waals surface area contributed by atoms with Gasteiger partial charge in [0.15, 0.2) is 5.96 Å². The first-order valence-corrected chi connectivity index (χ1v) is 10.1. The molecule has 0 unspecified atom stereocenters. The normalized spacial score (nSPS) is 12.5. The summed E-state index contributed by atoms with van der Waals surface area (Å²) in [6, 6.07) is 0. The molecule has 0 aliphatic rings. The van der Waals surface area contributed by atoms with Gasteiger partial charge in [-0.3, -0.25) is 4.99 Å². The Labute approximate surface area is 160 Å². The van der Waals surface area contributed by atoms with Crippen LogP contribution in [0.25, 0.3) is 0 Å². The monoisotopic (exact) mass is 377 g/mol. The highest BCUT2D eigenvalue weighted by Crippen LogP contribution is 2.23. The molecule has 0 saturated heterocycles. The molecule has 26 heavy (non-hydrogen) atoms. The van der Waals surface area contributed by atoms with Crippen LogP contribution in [0, 0.1) is 0 Å². The largest absolute Gasteiger partial charge is 0.361 e. The number of nitrogens with zero attached hydrogens (tertiary/aromatic N) is 3. The van der Waals surface area contributed by atoms with Gasteiger partial charge < -0.3 is 15.2 Å². The Balaban J connectivity index is 1.85. The fourth-order valence-corrected chi connectivity index (χ4v) is 3.61. The molecule has 6 nitrogen and oxygen atoms in total. The fraction of sp³-hybridized carbons (Fsp3) is 0.632. The summed E-state index contributed by atoms with van der Waals surface area (Å²) in [7, 11) is 1.78. The Hall–Kier alpha value is -1.89. The molecule has 0 atom stereocenters.